The average molecular weight is 194 g/mol. The smallest absolute Gasteiger partial charge is 0.0570 e. The fourth-order valence-electron chi connectivity index (χ4n) is 1.27. The number of aromatic nitrogens is 1. The lowest BCUT2D eigenvalue weighted by molar-refractivity contribution is 0.193. The van der Waals surface area contributed by atoms with Gasteiger partial charge in [-0.3, -0.25) is 4.98 Å². The molecule has 0 spiro atoms. The summed E-state index contributed by atoms with van der Waals surface area (Å²) in [5.74, 6) is 0. The molecule has 0 aliphatic rings. The summed E-state index contributed by atoms with van der Waals surface area (Å²) in [5, 5.41) is 3.39. The normalized spacial score (nSPS) is 12.7. The van der Waals surface area contributed by atoms with Crippen LogP contribution in [0.15, 0.2) is 24.4 Å². The van der Waals surface area contributed by atoms with Gasteiger partial charge in [0.25, 0.3) is 0 Å². The van der Waals surface area contributed by atoms with E-state index in [0.717, 1.165) is 25.3 Å². The highest BCUT2D eigenvalue weighted by atomic mass is 16.5. The van der Waals surface area contributed by atoms with Crippen LogP contribution >= 0.6 is 0 Å². The molecule has 0 aliphatic carbocycles. The zero-order chi connectivity index (χ0) is 10.2. The minimum absolute atomic E-state index is 0.313. The molecule has 0 saturated heterocycles. The van der Waals surface area contributed by atoms with Crippen LogP contribution in [0.4, 0.5) is 0 Å². The van der Waals surface area contributed by atoms with Gasteiger partial charge in [0.15, 0.2) is 0 Å². The Labute approximate surface area is 85.5 Å². The number of rotatable bonds is 6. The monoisotopic (exact) mass is 194 g/mol. The van der Waals surface area contributed by atoms with E-state index < -0.39 is 0 Å². The molecule has 1 rings (SSSR count). The number of ether oxygens (including phenoxy) is 1. The first-order chi connectivity index (χ1) is 6.84. The Morgan fingerprint density at radius 3 is 3.00 bits per heavy atom. The predicted molar refractivity (Wildman–Crippen MR) is 57.1 cm³/mol. The van der Waals surface area contributed by atoms with Crippen molar-refractivity contribution < 1.29 is 4.74 Å². The van der Waals surface area contributed by atoms with Crippen LogP contribution in [0.25, 0.3) is 0 Å². The molecule has 0 aliphatic heterocycles. The molecule has 78 valence electrons. The lowest BCUT2D eigenvalue weighted by Gasteiger charge is -2.12. The summed E-state index contributed by atoms with van der Waals surface area (Å²) in [6, 6.07) is 6.29. The fraction of sp³-hybridized carbons (Fsp3) is 0.545. The second kappa shape index (κ2) is 6.51. The maximum absolute atomic E-state index is 4.97. The van der Waals surface area contributed by atoms with Crippen LogP contribution in [0.5, 0.6) is 0 Å². The molecule has 0 aromatic carbocycles. The lowest BCUT2D eigenvalue weighted by Crippen LogP contribution is -2.21. The minimum Gasteiger partial charge on any atom is -0.385 e. The van der Waals surface area contributed by atoms with Crippen LogP contribution in [0, 0.1) is 0 Å². The van der Waals surface area contributed by atoms with Crippen molar-refractivity contribution in [3.05, 3.63) is 30.1 Å². The van der Waals surface area contributed by atoms with E-state index in [-0.39, 0.29) is 0 Å². The van der Waals surface area contributed by atoms with Crippen LogP contribution < -0.4 is 5.32 Å². The van der Waals surface area contributed by atoms with Gasteiger partial charge in [0.05, 0.1) is 5.69 Å². The SMILES string of the molecule is COCCCN[C@@H](C)c1ccccn1. The van der Waals surface area contributed by atoms with Crippen LogP contribution in [0.3, 0.4) is 0 Å². The van der Waals surface area contributed by atoms with Gasteiger partial charge in [0.2, 0.25) is 0 Å². The third kappa shape index (κ3) is 3.85. The molecule has 14 heavy (non-hydrogen) atoms. The second-order valence-corrected chi connectivity index (χ2v) is 3.28. The van der Waals surface area contributed by atoms with Crippen molar-refractivity contribution in [1.82, 2.24) is 10.3 Å². The number of hydrogen-bond donors (Lipinski definition) is 1. The lowest BCUT2D eigenvalue weighted by atomic mass is 10.2. The van der Waals surface area contributed by atoms with Gasteiger partial charge in [0, 0.05) is 26.0 Å². The Balaban J connectivity index is 2.25. The van der Waals surface area contributed by atoms with Crippen molar-refractivity contribution >= 4 is 0 Å². The van der Waals surface area contributed by atoms with E-state index in [1.807, 2.05) is 24.4 Å². The maximum Gasteiger partial charge on any atom is 0.0570 e. The summed E-state index contributed by atoms with van der Waals surface area (Å²) in [6.07, 6.45) is 2.86. The van der Waals surface area contributed by atoms with Gasteiger partial charge in [-0.2, -0.15) is 0 Å². The summed E-state index contributed by atoms with van der Waals surface area (Å²) in [6.45, 7) is 3.89. The molecular weight excluding hydrogens is 176 g/mol. The molecule has 1 heterocycles. The van der Waals surface area contributed by atoms with Crippen molar-refractivity contribution in [1.29, 1.82) is 0 Å². The Hall–Kier alpha value is -0.930. The Kier molecular flexibility index (Phi) is 5.19. The van der Waals surface area contributed by atoms with E-state index in [4.69, 9.17) is 4.74 Å². The van der Waals surface area contributed by atoms with Gasteiger partial charge in [-0.05, 0) is 32.0 Å². The summed E-state index contributed by atoms with van der Waals surface area (Å²) < 4.78 is 4.97. The average Bonchev–Trinajstić information content (AvgIpc) is 2.25. The molecule has 0 saturated carbocycles. The van der Waals surface area contributed by atoms with Crippen molar-refractivity contribution in [2.45, 2.75) is 19.4 Å². The van der Waals surface area contributed by atoms with Gasteiger partial charge < -0.3 is 10.1 Å². The highest BCUT2D eigenvalue weighted by Gasteiger charge is 2.03. The van der Waals surface area contributed by atoms with Crippen LogP contribution in [0.1, 0.15) is 25.1 Å². The van der Waals surface area contributed by atoms with Crippen molar-refractivity contribution in [3.63, 3.8) is 0 Å². The molecule has 1 aromatic heterocycles. The Bertz CT molecular complexity index is 238. The van der Waals surface area contributed by atoms with Crippen molar-refractivity contribution in [2.75, 3.05) is 20.3 Å². The largest absolute Gasteiger partial charge is 0.385 e. The molecule has 1 aromatic rings. The van der Waals surface area contributed by atoms with Gasteiger partial charge >= 0.3 is 0 Å². The Morgan fingerprint density at radius 1 is 1.50 bits per heavy atom. The highest BCUT2D eigenvalue weighted by Crippen LogP contribution is 2.06. The first kappa shape index (κ1) is 11.1. The zero-order valence-corrected chi connectivity index (χ0v) is 8.86. The standard InChI is InChI=1S/C11H18N2O/c1-10(12-8-5-9-14-2)11-6-3-4-7-13-11/h3-4,6-7,10,12H,5,8-9H2,1-2H3/t10-/m0/s1. The third-order valence-corrected chi connectivity index (χ3v) is 2.11. The topological polar surface area (TPSA) is 34.1 Å². The predicted octanol–water partition coefficient (Wildman–Crippen LogP) is 1.77. The molecule has 3 nitrogen and oxygen atoms in total. The van der Waals surface area contributed by atoms with Crippen LogP contribution in [-0.4, -0.2) is 25.2 Å². The number of hydrogen-bond acceptors (Lipinski definition) is 3. The molecule has 0 fully saturated rings. The van der Waals surface area contributed by atoms with E-state index in [9.17, 15) is 0 Å². The van der Waals surface area contributed by atoms with Gasteiger partial charge in [-0.15, -0.1) is 0 Å². The molecular formula is C11H18N2O. The molecule has 0 radical (unpaired) electrons. The van der Waals surface area contributed by atoms with E-state index in [1.165, 1.54) is 0 Å². The van der Waals surface area contributed by atoms with E-state index >= 15 is 0 Å². The molecule has 1 atom stereocenters. The van der Waals surface area contributed by atoms with Gasteiger partial charge in [-0.25, -0.2) is 0 Å². The first-order valence-corrected chi connectivity index (χ1v) is 4.98. The highest BCUT2D eigenvalue weighted by molar-refractivity contribution is 5.07. The molecule has 0 unspecified atom stereocenters. The maximum atomic E-state index is 4.97. The molecule has 0 amide bonds. The summed E-state index contributed by atoms with van der Waals surface area (Å²) in [4.78, 5) is 4.28. The number of nitrogens with zero attached hydrogens (tertiary/aromatic N) is 1. The Morgan fingerprint density at radius 2 is 2.36 bits per heavy atom. The summed E-state index contributed by atoms with van der Waals surface area (Å²) >= 11 is 0. The summed E-state index contributed by atoms with van der Waals surface area (Å²) in [7, 11) is 1.72. The molecule has 0 bridgehead atoms. The van der Waals surface area contributed by atoms with E-state index in [2.05, 4.69) is 17.2 Å². The van der Waals surface area contributed by atoms with Gasteiger partial charge in [0.1, 0.15) is 0 Å². The molecule has 1 N–H and O–H groups in total. The number of pyridine rings is 1. The summed E-state index contributed by atoms with van der Waals surface area (Å²) in [5.41, 5.74) is 1.09. The van der Waals surface area contributed by atoms with Crippen LogP contribution in [-0.2, 0) is 4.74 Å². The quantitative estimate of drug-likeness (QED) is 0.701. The van der Waals surface area contributed by atoms with Crippen molar-refractivity contribution in [2.24, 2.45) is 0 Å². The number of nitrogens with one attached hydrogen (secondary N) is 1. The fourth-order valence-corrected chi connectivity index (χ4v) is 1.27. The van der Waals surface area contributed by atoms with E-state index in [0.29, 0.717) is 6.04 Å². The minimum atomic E-state index is 0.313. The van der Waals surface area contributed by atoms with Crippen molar-refractivity contribution in [3.8, 4) is 0 Å². The second-order valence-electron chi connectivity index (χ2n) is 3.28. The zero-order valence-electron chi connectivity index (χ0n) is 8.86. The van der Waals surface area contributed by atoms with Gasteiger partial charge in [-0.1, -0.05) is 6.07 Å². The number of methoxy groups -OCH3 is 1. The molecule has 3 heteroatoms. The third-order valence-electron chi connectivity index (χ3n) is 2.11. The van der Waals surface area contributed by atoms with Crippen LogP contribution in [0.2, 0.25) is 0 Å². The van der Waals surface area contributed by atoms with E-state index in [1.54, 1.807) is 7.11 Å². The first-order valence-electron chi connectivity index (χ1n) is 4.98.